The number of anilines is 1. The van der Waals surface area contributed by atoms with Crippen LogP contribution >= 0.6 is 0 Å². The van der Waals surface area contributed by atoms with Crippen molar-refractivity contribution in [2.45, 2.75) is 6.54 Å². The second kappa shape index (κ2) is 6.19. The Kier molecular flexibility index (Phi) is 4.07. The molecular formula is C15H9F4N3O2. The number of hydrogen-bond donors (Lipinski definition) is 1. The third-order valence-electron chi connectivity index (χ3n) is 3.17. The summed E-state index contributed by atoms with van der Waals surface area (Å²) in [6.07, 6.45) is 3.84. The van der Waals surface area contributed by atoms with Crippen molar-refractivity contribution in [1.82, 2.24) is 9.78 Å². The molecule has 0 saturated heterocycles. The monoisotopic (exact) mass is 339 g/mol. The zero-order valence-corrected chi connectivity index (χ0v) is 11.9. The van der Waals surface area contributed by atoms with E-state index < -0.39 is 41.3 Å². The summed E-state index contributed by atoms with van der Waals surface area (Å²) >= 11 is 0. The smallest absolute Gasteiger partial charge is 0.291 e. The summed E-state index contributed by atoms with van der Waals surface area (Å²) in [5, 5.41) is 6.26. The van der Waals surface area contributed by atoms with Gasteiger partial charge in [0.1, 0.15) is 5.82 Å². The zero-order valence-electron chi connectivity index (χ0n) is 11.9. The highest BCUT2D eigenvalue weighted by Gasteiger charge is 2.19. The number of nitrogens with zero attached hydrogens (tertiary/aromatic N) is 2. The van der Waals surface area contributed by atoms with E-state index in [4.69, 9.17) is 4.42 Å². The first kappa shape index (κ1) is 15.8. The van der Waals surface area contributed by atoms with Crippen LogP contribution in [0.4, 0.5) is 23.2 Å². The van der Waals surface area contributed by atoms with Gasteiger partial charge in [-0.25, -0.2) is 17.6 Å². The summed E-state index contributed by atoms with van der Waals surface area (Å²) in [7, 11) is 0. The molecule has 1 aromatic carbocycles. The average molecular weight is 339 g/mol. The second-order valence-corrected chi connectivity index (χ2v) is 4.80. The third kappa shape index (κ3) is 3.00. The van der Waals surface area contributed by atoms with E-state index in [2.05, 4.69) is 10.4 Å². The maximum absolute atomic E-state index is 13.6. The average Bonchev–Trinajstić information content (AvgIpc) is 3.21. The maximum Gasteiger partial charge on any atom is 0.291 e. The summed E-state index contributed by atoms with van der Waals surface area (Å²) < 4.78 is 59.3. The van der Waals surface area contributed by atoms with Crippen molar-refractivity contribution in [1.29, 1.82) is 0 Å². The number of benzene rings is 1. The quantitative estimate of drug-likeness (QED) is 0.451. The molecule has 1 N–H and O–H groups in total. The Morgan fingerprint density at radius 2 is 2.00 bits per heavy atom. The topological polar surface area (TPSA) is 60.1 Å². The maximum atomic E-state index is 13.6. The van der Waals surface area contributed by atoms with Crippen LogP contribution in [0.1, 0.15) is 16.1 Å². The molecule has 0 aliphatic heterocycles. The highest BCUT2D eigenvalue weighted by molar-refractivity contribution is 6.02. The highest BCUT2D eigenvalue weighted by atomic mass is 19.2. The fourth-order valence-electron chi connectivity index (χ4n) is 2.03. The van der Waals surface area contributed by atoms with Crippen molar-refractivity contribution in [3.8, 4) is 0 Å². The molecule has 0 spiro atoms. The second-order valence-electron chi connectivity index (χ2n) is 4.80. The van der Waals surface area contributed by atoms with E-state index in [9.17, 15) is 22.4 Å². The van der Waals surface area contributed by atoms with Crippen molar-refractivity contribution in [3.63, 3.8) is 0 Å². The molecule has 0 aliphatic rings. The molecule has 0 saturated carbocycles. The van der Waals surface area contributed by atoms with Gasteiger partial charge in [-0.1, -0.05) is 0 Å². The molecule has 24 heavy (non-hydrogen) atoms. The highest BCUT2D eigenvalue weighted by Crippen LogP contribution is 2.20. The summed E-state index contributed by atoms with van der Waals surface area (Å²) in [5.74, 6) is -6.69. The van der Waals surface area contributed by atoms with Crippen LogP contribution in [-0.4, -0.2) is 15.7 Å². The van der Waals surface area contributed by atoms with Crippen molar-refractivity contribution >= 4 is 11.6 Å². The van der Waals surface area contributed by atoms with E-state index >= 15 is 0 Å². The minimum Gasteiger partial charge on any atom is -0.459 e. The number of furan rings is 1. The van der Waals surface area contributed by atoms with Crippen LogP contribution in [0, 0.1) is 23.3 Å². The first-order valence-corrected chi connectivity index (χ1v) is 6.65. The lowest BCUT2D eigenvalue weighted by atomic mass is 10.2. The predicted octanol–water partition coefficient (Wildman–Crippen LogP) is 3.33. The lowest BCUT2D eigenvalue weighted by molar-refractivity contribution is 0.0996. The van der Waals surface area contributed by atoms with Crippen LogP contribution in [0.2, 0.25) is 0 Å². The van der Waals surface area contributed by atoms with E-state index in [1.807, 2.05) is 0 Å². The van der Waals surface area contributed by atoms with E-state index in [0.29, 0.717) is 0 Å². The van der Waals surface area contributed by atoms with Gasteiger partial charge < -0.3 is 9.73 Å². The van der Waals surface area contributed by atoms with Gasteiger partial charge in [0.25, 0.3) is 5.91 Å². The van der Waals surface area contributed by atoms with Gasteiger partial charge >= 0.3 is 0 Å². The van der Waals surface area contributed by atoms with Crippen molar-refractivity contribution in [2.24, 2.45) is 0 Å². The predicted molar refractivity (Wildman–Crippen MR) is 74.3 cm³/mol. The number of rotatable bonds is 4. The standard InChI is InChI=1S/C15H9F4N3O2/c16-10-4-11(17)14(19)13(18)9(10)7-22-6-8(5-20-22)21-15(23)12-2-1-3-24-12/h1-6H,7H2,(H,21,23). The summed E-state index contributed by atoms with van der Waals surface area (Å²) in [4.78, 5) is 11.8. The van der Waals surface area contributed by atoms with E-state index in [1.165, 1.54) is 30.8 Å². The molecule has 0 radical (unpaired) electrons. The molecule has 3 rings (SSSR count). The molecule has 5 nitrogen and oxygen atoms in total. The molecule has 2 aromatic heterocycles. The number of hydrogen-bond acceptors (Lipinski definition) is 3. The largest absolute Gasteiger partial charge is 0.459 e. The third-order valence-corrected chi connectivity index (χ3v) is 3.17. The minimum absolute atomic E-state index is 0.0699. The minimum atomic E-state index is -1.76. The SMILES string of the molecule is O=C(Nc1cnn(Cc2c(F)cc(F)c(F)c2F)c1)c1ccco1. The van der Waals surface area contributed by atoms with Crippen LogP contribution < -0.4 is 5.32 Å². The Hall–Kier alpha value is -3.10. The van der Waals surface area contributed by atoms with Gasteiger partial charge in [-0.2, -0.15) is 5.10 Å². The Morgan fingerprint density at radius 1 is 1.21 bits per heavy atom. The van der Waals surface area contributed by atoms with Gasteiger partial charge in [-0.15, -0.1) is 0 Å². The Bertz CT molecular complexity index is 891. The molecule has 124 valence electrons. The summed E-state index contributed by atoms with van der Waals surface area (Å²) in [6.45, 7) is -0.481. The van der Waals surface area contributed by atoms with Crippen LogP contribution in [0.5, 0.6) is 0 Å². The fourth-order valence-corrected chi connectivity index (χ4v) is 2.03. The van der Waals surface area contributed by atoms with Gasteiger partial charge in [0.15, 0.2) is 23.2 Å². The number of halogens is 4. The molecule has 0 aliphatic carbocycles. The normalized spacial score (nSPS) is 10.8. The lowest BCUT2D eigenvalue weighted by Gasteiger charge is -2.06. The fraction of sp³-hybridized carbons (Fsp3) is 0.0667. The van der Waals surface area contributed by atoms with Crippen molar-refractivity contribution < 1.29 is 26.8 Å². The first-order valence-electron chi connectivity index (χ1n) is 6.65. The van der Waals surface area contributed by atoms with Crippen LogP contribution in [0.25, 0.3) is 0 Å². The Morgan fingerprint density at radius 3 is 2.71 bits per heavy atom. The number of nitrogens with one attached hydrogen (secondary N) is 1. The first-order chi connectivity index (χ1) is 11.5. The van der Waals surface area contributed by atoms with Crippen molar-refractivity contribution in [3.05, 3.63) is 71.4 Å². The zero-order chi connectivity index (χ0) is 17.3. The van der Waals surface area contributed by atoms with Crippen molar-refractivity contribution in [2.75, 3.05) is 5.32 Å². The molecule has 0 unspecified atom stereocenters. The lowest BCUT2D eigenvalue weighted by Crippen LogP contribution is -2.10. The summed E-state index contributed by atoms with van der Waals surface area (Å²) in [5.41, 5.74) is -0.444. The van der Waals surface area contributed by atoms with Gasteiger partial charge in [-0.3, -0.25) is 9.48 Å². The van der Waals surface area contributed by atoms with Crippen LogP contribution in [0.15, 0.2) is 41.3 Å². The molecule has 0 bridgehead atoms. The number of amides is 1. The molecule has 1 amide bonds. The van der Waals surface area contributed by atoms with E-state index in [1.54, 1.807) is 0 Å². The molecule has 3 aromatic rings. The molecule has 0 fully saturated rings. The Labute approximate surface area is 132 Å². The van der Waals surface area contributed by atoms with E-state index in [0.717, 1.165) is 4.68 Å². The number of carbonyl (C=O) groups is 1. The molecule has 9 heteroatoms. The molecule has 2 heterocycles. The summed E-state index contributed by atoms with van der Waals surface area (Å²) in [6, 6.07) is 3.25. The van der Waals surface area contributed by atoms with Gasteiger partial charge in [0, 0.05) is 17.8 Å². The van der Waals surface area contributed by atoms with E-state index in [-0.39, 0.29) is 17.5 Å². The van der Waals surface area contributed by atoms with Gasteiger partial charge in [0.05, 0.1) is 24.7 Å². The van der Waals surface area contributed by atoms with Gasteiger partial charge in [-0.05, 0) is 12.1 Å². The number of aromatic nitrogens is 2. The van der Waals surface area contributed by atoms with Crippen LogP contribution in [-0.2, 0) is 6.54 Å². The molecular weight excluding hydrogens is 330 g/mol. The number of carbonyl (C=O) groups excluding carboxylic acids is 1. The Balaban J connectivity index is 1.78. The van der Waals surface area contributed by atoms with Crippen LogP contribution in [0.3, 0.4) is 0 Å². The van der Waals surface area contributed by atoms with Gasteiger partial charge in [0.2, 0.25) is 0 Å². The molecule has 0 atom stereocenters.